The Morgan fingerprint density at radius 1 is 1.40 bits per heavy atom. The minimum absolute atomic E-state index is 0.153. The van der Waals surface area contributed by atoms with Crippen molar-refractivity contribution in [1.29, 1.82) is 0 Å². The fourth-order valence-corrected chi connectivity index (χ4v) is 2.93. The quantitative estimate of drug-likeness (QED) is 0.923. The largest absolute Gasteiger partial charge is 0.368 e. The van der Waals surface area contributed by atoms with Crippen LogP contribution in [-0.2, 0) is 0 Å². The van der Waals surface area contributed by atoms with Crippen LogP contribution in [0.2, 0.25) is 0 Å². The monoisotopic (exact) mass is 279 g/mol. The molecule has 1 aliphatic heterocycles. The van der Waals surface area contributed by atoms with Crippen molar-refractivity contribution < 1.29 is 4.39 Å². The van der Waals surface area contributed by atoms with Crippen LogP contribution in [0, 0.1) is 12.7 Å². The van der Waals surface area contributed by atoms with E-state index in [0.29, 0.717) is 11.6 Å². The van der Waals surface area contributed by atoms with Gasteiger partial charge in [0.2, 0.25) is 0 Å². The average Bonchev–Trinajstić information content (AvgIpc) is 2.41. The Bertz CT molecular complexity index is 473. The lowest BCUT2D eigenvalue weighted by Crippen LogP contribution is -2.51. The summed E-state index contributed by atoms with van der Waals surface area (Å²) >= 11 is 0. The van der Waals surface area contributed by atoms with Gasteiger partial charge in [0, 0.05) is 37.4 Å². The van der Waals surface area contributed by atoms with Gasteiger partial charge in [-0.1, -0.05) is 6.92 Å². The lowest BCUT2D eigenvalue weighted by Gasteiger charge is -2.41. The standard InChI is InChI=1S/C16H26FN3/c1-5-13-10-20(7-6-19(13)4)16-8-11(2)15(17)9-14(16)12(3)18/h8-9,12-13H,5-7,10,18H2,1-4H3. The first-order valence-corrected chi connectivity index (χ1v) is 7.44. The molecule has 3 nitrogen and oxygen atoms in total. The molecule has 1 heterocycles. The zero-order chi connectivity index (χ0) is 14.9. The highest BCUT2D eigenvalue weighted by molar-refractivity contribution is 5.57. The lowest BCUT2D eigenvalue weighted by molar-refractivity contribution is 0.213. The predicted molar refractivity (Wildman–Crippen MR) is 82.7 cm³/mol. The van der Waals surface area contributed by atoms with Crippen molar-refractivity contribution in [2.45, 2.75) is 39.3 Å². The van der Waals surface area contributed by atoms with Crippen LogP contribution < -0.4 is 10.6 Å². The summed E-state index contributed by atoms with van der Waals surface area (Å²) in [4.78, 5) is 4.76. The minimum atomic E-state index is -0.165. The molecule has 1 aliphatic rings. The average molecular weight is 279 g/mol. The smallest absolute Gasteiger partial charge is 0.126 e. The molecule has 0 aliphatic carbocycles. The third-order valence-electron chi connectivity index (χ3n) is 4.39. The van der Waals surface area contributed by atoms with Crippen molar-refractivity contribution >= 4 is 5.69 Å². The molecule has 0 aromatic heterocycles. The van der Waals surface area contributed by atoms with Gasteiger partial charge in [-0.2, -0.15) is 0 Å². The summed E-state index contributed by atoms with van der Waals surface area (Å²) in [6.45, 7) is 8.94. The summed E-state index contributed by atoms with van der Waals surface area (Å²) < 4.78 is 13.8. The highest BCUT2D eigenvalue weighted by Gasteiger charge is 2.25. The third kappa shape index (κ3) is 2.96. The number of anilines is 1. The van der Waals surface area contributed by atoms with Gasteiger partial charge in [-0.25, -0.2) is 4.39 Å². The number of piperazine rings is 1. The van der Waals surface area contributed by atoms with Crippen molar-refractivity contribution in [1.82, 2.24) is 4.90 Å². The van der Waals surface area contributed by atoms with E-state index in [0.717, 1.165) is 37.3 Å². The first-order valence-electron chi connectivity index (χ1n) is 7.44. The molecule has 2 unspecified atom stereocenters. The second-order valence-electron chi connectivity index (χ2n) is 5.94. The highest BCUT2D eigenvalue weighted by atomic mass is 19.1. The molecule has 2 N–H and O–H groups in total. The summed E-state index contributed by atoms with van der Waals surface area (Å²) in [6.07, 6.45) is 1.13. The van der Waals surface area contributed by atoms with Crippen molar-refractivity contribution in [3.63, 3.8) is 0 Å². The van der Waals surface area contributed by atoms with E-state index in [-0.39, 0.29) is 11.9 Å². The van der Waals surface area contributed by atoms with Crippen LogP contribution in [0.1, 0.15) is 37.4 Å². The van der Waals surface area contributed by atoms with E-state index in [1.54, 1.807) is 6.07 Å². The Balaban J connectivity index is 2.34. The van der Waals surface area contributed by atoms with Crippen molar-refractivity contribution in [2.75, 3.05) is 31.6 Å². The zero-order valence-corrected chi connectivity index (χ0v) is 13.0. The normalized spacial score (nSPS) is 22.1. The van der Waals surface area contributed by atoms with Gasteiger partial charge in [0.05, 0.1) is 0 Å². The Morgan fingerprint density at radius 3 is 2.70 bits per heavy atom. The Labute approximate surface area is 121 Å². The molecule has 0 amide bonds. The van der Waals surface area contributed by atoms with Crippen LogP contribution in [0.25, 0.3) is 0 Å². The zero-order valence-electron chi connectivity index (χ0n) is 13.0. The molecule has 1 aromatic carbocycles. The minimum Gasteiger partial charge on any atom is -0.368 e. The van der Waals surface area contributed by atoms with Gasteiger partial charge in [0.25, 0.3) is 0 Å². The fourth-order valence-electron chi connectivity index (χ4n) is 2.93. The molecule has 2 rings (SSSR count). The van der Waals surface area contributed by atoms with Crippen LogP contribution in [0.4, 0.5) is 10.1 Å². The maximum Gasteiger partial charge on any atom is 0.126 e. The molecule has 0 spiro atoms. The number of benzene rings is 1. The molecule has 112 valence electrons. The van der Waals surface area contributed by atoms with Crippen LogP contribution >= 0.6 is 0 Å². The van der Waals surface area contributed by atoms with Gasteiger partial charge in [0.15, 0.2) is 0 Å². The number of nitrogens with two attached hydrogens (primary N) is 1. The fraction of sp³-hybridized carbons (Fsp3) is 0.625. The van der Waals surface area contributed by atoms with Gasteiger partial charge in [-0.15, -0.1) is 0 Å². The second kappa shape index (κ2) is 6.10. The number of aryl methyl sites for hydroxylation is 1. The third-order valence-corrected chi connectivity index (χ3v) is 4.39. The Morgan fingerprint density at radius 2 is 2.10 bits per heavy atom. The summed E-state index contributed by atoms with van der Waals surface area (Å²) in [5, 5.41) is 0. The molecule has 0 saturated carbocycles. The Hall–Kier alpha value is -1.13. The van der Waals surface area contributed by atoms with E-state index in [2.05, 4.69) is 23.8 Å². The molecule has 4 heteroatoms. The summed E-state index contributed by atoms with van der Waals surface area (Å²) in [6, 6.07) is 3.95. The Kier molecular flexibility index (Phi) is 4.66. The number of hydrogen-bond acceptors (Lipinski definition) is 3. The SMILES string of the molecule is CCC1CN(c2cc(C)c(F)cc2C(C)N)CCN1C. The number of halogens is 1. The number of likely N-dealkylation sites (N-methyl/N-ethyl adjacent to an activating group) is 1. The maximum absolute atomic E-state index is 13.8. The second-order valence-corrected chi connectivity index (χ2v) is 5.94. The lowest BCUT2D eigenvalue weighted by atomic mass is 10.0. The predicted octanol–water partition coefficient (Wildman–Crippen LogP) is 2.68. The van der Waals surface area contributed by atoms with Crippen molar-refractivity contribution in [3.8, 4) is 0 Å². The molecule has 20 heavy (non-hydrogen) atoms. The first kappa shape index (κ1) is 15.3. The molecular formula is C16H26FN3. The summed E-state index contributed by atoms with van der Waals surface area (Å²) in [5.41, 5.74) is 8.73. The van der Waals surface area contributed by atoms with E-state index in [1.807, 2.05) is 19.9 Å². The van der Waals surface area contributed by atoms with Gasteiger partial charge in [-0.3, -0.25) is 4.90 Å². The molecule has 1 saturated heterocycles. The van der Waals surface area contributed by atoms with E-state index >= 15 is 0 Å². The summed E-state index contributed by atoms with van der Waals surface area (Å²) in [7, 11) is 2.17. The van der Waals surface area contributed by atoms with Crippen molar-refractivity contribution in [2.24, 2.45) is 5.73 Å². The molecule has 1 aromatic rings. The van der Waals surface area contributed by atoms with Gasteiger partial charge in [-0.05, 0) is 50.6 Å². The van der Waals surface area contributed by atoms with E-state index in [9.17, 15) is 4.39 Å². The van der Waals surface area contributed by atoms with Gasteiger partial charge < -0.3 is 10.6 Å². The maximum atomic E-state index is 13.8. The number of rotatable bonds is 3. The molecule has 2 atom stereocenters. The van der Waals surface area contributed by atoms with Crippen LogP contribution in [0.5, 0.6) is 0 Å². The topological polar surface area (TPSA) is 32.5 Å². The molecule has 0 radical (unpaired) electrons. The van der Waals surface area contributed by atoms with Crippen LogP contribution in [-0.4, -0.2) is 37.6 Å². The van der Waals surface area contributed by atoms with E-state index in [4.69, 9.17) is 5.73 Å². The highest BCUT2D eigenvalue weighted by Crippen LogP contribution is 2.30. The molecule has 1 fully saturated rings. The number of hydrogen-bond donors (Lipinski definition) is 1. The van der Waals surface area contributed by atoms with Crippen molar-refractivity contribution in [3.05, 3.63) is 29.1 Å². The van der Waals surface area contributed by atoms with E-state index in [1.165, 1.54) is 0 Å². The number of nitrogens with zero attached hydrogens (tertiary/aromatic N) is 2. The molecular weight excluding hydrogens is 253 g/mol. The van der Waals surface area contributed by atoms with Crippen LogP contribution in [0.15, 0.2) is 12.1 Å². The molecule has 0 bridgehead atoms. The first-order chi connectivity index (χ1) is 9.43. The van der Waals surface area contributed by atoms with E-state index < -0.39 is 0 Å². The van der Waals surface area contributed by atoms with Crippen LogP contribution in [0.3, 0.4) is 0 Å². The summed E-state index contributed by atoms with van der Waals surface area (Å²) in [5.74, 6) is -0.165. The van der Waals surface area contributed by atoms with Gasteiger partial charge in [0.1, 0.15) is 5.82 Å². The van der Waals surface area contributed by atoms with Gasteiger partial charge >= 0.3 is 0 Å².